The zero-order valence-corrected chi connectivity index (χ0v) is 13.8. The Morgan fingerprint density at radius 2 is 2.15 bits per heavy atom. The van der Waals surface area contributed by atoms with Gasteiger partial charge < -0.3 is 5.32 Å². The molecular formula is C14H20BrN5. The highest BCUT2D eigenvalue weighted by Gasteiger charge is 2.23. The Kier molecular flexibility index (Phi) is 4.88. The van der Waals surface area contributed by atoms with Gasteiger partial charge in [0.15, 0.2) is 0 Å². The van der Waals surface area contributed by atoms with Crippen molar-refractivity contribution in [1.29, 1.82) is 0 Å². The van der Waals surface area contributed by atoms with Gasteiger partial charge in [0.1, 0.15) is 5.82 Å². The Morgan fingerprint density at radius 1 is 1.40 bits per heavy atom. The van der Waals surface area contributed by atoms with E-state index in [0.29, 0.717) is 6.04 Å². The van der Waals surface area contributed by atoms with Gasteiger partial charge in [0.2, 0.25) is 0 Å². The van der Waals surface area contributed by atoms with Gasteiger partial charge in [-0.2, -0.15) is 5.10 Å². The predicted octanol–water partition coefficient (Wildman–Crippen LogP) is 3.02. The lowest BCUT2D eigenvalue weighted by atomic mass is 10.1. The van der Waals surface area contributed by atoms with Crippen molar-refractivity contribution < 1.29 is 0 Å². The molecule has 0 spiro atoms. The van der Waals surface area contributed by atoms with Crippen molar-refractivity contribution in [1.82, 2.24) is 25.1 Å². The Hall–Kier alpha value is -1.27. The van der Waals surface area contributed by atoms with Crippen molar-refractivity contribution in [3.05, 3.63) is 40.1 Å². The highest BCUT2D eigenvalue weighted by molar-refractivity contribution is 9.10. The molecule has 2 aromatic heterocycles. The molecule has 0 radical (unpaired) electrons. The second-order valence-electron chi connectivity index (χ2n) is 4.94. The van der Waals surface area contributed by atoms with Crippen LogP contribution >= 0.6 is 15.9 Å². The normalized spacial score (nSPS) is 12.9. The molecule has 0 aliphatic carbocycles. The van der Waals surface area contributed by atoms with Crippen LogP contribution in [0.5, 0.6) is 0 Å². The summed E-state index contributed by atoms with van der Waals surface area (Å²) in [5.74, 6) is 0.775. The van der Waals surface area contributed by atoms with Crippen LogP contribution in [0.4, 0.5) is 0 Å². The van der Waals surface area contributed by atoms with Crippen LogP contribution in [0.3, 0.4) is 0 Å². The lowest BCUT2D eigenvalue weighted by Gasteiger charge is -2.21. The molecule has 6 heteroatoms. The van der Waals surface area contributed by atoms with Gasteiger partial charge in [-0.3, -0.25) is 4.68 Å². The van der Waals surface area contributed by atoms with Crippen LogP contribution in [-0.4, -0.2) is 26.3 Å². The summed E-state index contributed by atoms with van der Waals surface area (Å²) in [6.07, 6.45) is 3.64. The first-order valence-electron chi connectivity index (χ1n) is 6.80. The highest BCUT2D eigenvalue weighted by atomic mass is 79.9. The molecule has 0 saturated heterocycles. The zero-order valence-electron chi connectivity index (χ0n) is 12.3. The van der Waals surface area contributed by atoms with Gasteiger partial charge in [-0.1, -0.05) is 6.92 Å². The lowest BCUT2D eigenvalue weighted by Crippen LogP contribution is -2.27. The third kappa shape index (κ3) is 3.07. The van der Waals surface area contributed by atoms with E-state index < -0.39 is 0 Å². The highest BCUT2D eigenvalue weighted by Crippen LogP contribution is 2.29. The van der Waals surface area contributed by atoms with Gasteiger partial charge in [-0.25, -0.2) is 9.97 Å². The summed E-state index contributed by atoms with van der Waals surface area (Å²) in [5, 5.41) is 7.94. The minimum Gasteiger partial charge on any atom is -0.304 e. The predicted molar refractivity (Wildman–Crippen MR) is 82.6 cm³/mol. The van der Waals surface area contributed by atoms with Gasteiger partial charge in [0, 0.05) is 12.2 Å². The number of halogens is 1. The molecule has 1 N–H and O–H groups in total. The monoisotopic (exact) mass is 337 g/mol. The second kappa shape index (κ2) is 6.45. The number of aromatic nitrogens is 4. The maximum Gasteiger partial charge on any atom is 0.125 e. The lowest BCUT2D eigenvalue weighted by molar-refractivity contribution is 0.471. The molecule has 1 atom stereocenters. The fraction of sp³-hybridized carbons (Fsp3) is 0.500. The summed E-state index contributed by atoms with van der Waals surface area (Å²) in [7, 11) is 0. The van der Waals surface area contributed by atoms with Crippen molar-refractivity contribution in [2.75, 3.05) is 6.54 Å². The topological polar surface area (TPSA) is 55.6 Å². The van der Waals surface area contributed by atoms with Gasteiger partial charge in [0.05, 0.1) is 28.1 Å². The van der Waals surface area contributed by atoms with Gasteiger partial charge in [0.25, 0.3) is 0 Å². The number of nitrogens with one attached hydrogen (secondary N) is 1. The molecule has 2 rings (SSSR count). The van der Waals surface area contributed by atoms with Crippen molar-refractivity contribution in [2.45, 2.75) is 39.8 Å². The first kappa shape index (κ1) is 15.1. The van der Waals surface area contributed by atoms with Crippen LogP contribution in [0.2, 0.25) is 0 Å². The quantitative estimate of drug-likeness (QED) is 0.911. The third-order valence-corrected chi connectivity index (χ3v) is 3.66. The largest absolute Gasteiger partial charge is 0.304 e. The average Bonchev–Trinajstić information content (AvgIpc) is 2.78. The van der Waals surface area contributed by atoms with E-state index in [9.17, 15) is 0 Å². The SMILES string of the molecule is CCNC(c1ccnc(C)n1)c1c(Br)cnn1C(C)C. The van der Waals surface area contributed by atoms with Crippen LogP contribution in [0.15, 0.2) is 22.9 Å². The van der Waals surface area contributed by atoms with E-state index in [1.165, 1.54) is 0 Å². The second-order valence-corrected chi connectivity index (χ2v) is 5.79. The molecule has 2 heterocycles. The molecule has 0 aliphatic heterocycles. The molecule has 5 nitrogen and oxygen atoms in total. The Labute approximate surface area is 128 Å². The summed E-state index contributed by atoms with van der Waals surface area (Å²) < 4.78 is 3.02. The summed E-state index contributed by atoms with van der Waals surface area (Å²) in [6, 6.07) is 2.24. The summed E-state index contributed by atoms with van der Waals surface area (Å²) in [4.78, 5) is 8.72. The van der Waals surface area contributed by atoms with Gasteiger partial charge in [-0.05, 0) is 49.3 Å². The number of hydrogen-bond donors (Lipinski definition) is 1. The molecule has 0 aromatic carbocycles. The first-order chi connectivity index (χ1) is 9.54. The number of aryl methyl sites for hydroxylation is 1. The maximum atomic E-state index is 4.55. The molecule has 0 fully saturated rings. The van der Waals surface area contributed by atoms with E-state index in [0.717, 1.165) is 28.2 Å². The molecule has 0 bridgehead atoms. The number of hydrogen-bond acceptors (Lipinski definition) is 4. The molecule has 0 aliphatic rings. The fourth-order valence-electron chi connectivity index (χ4n) is 2.21. The smallest absolute Gasteiger partial charge is 0.125 e. The van der Waals surface area contributed by atoms with E-state index in [1.54, 1.807) is 6.20 Å². The van der Waals surface area contributed by atoms with E-state index in [1.807, 2.05) is 23.9 Å². The first-order valence-corrected chi connectivity index (χ1v) is 7.59. The van der Waals surface area contributed by atoms with E-state index in [-0.39, 0.29) is 6.04 Å². The van der Waals surface area contributed by atoms with E-state index >= 15 is 0 Å². The zero-order chi connectivity index (χ0) is 14.7. The van der Waals surface area contributed by atoms with Crippen LogP contribution in [-0.2, 0) is 0 Å². The molecule has 20 heavy (non-hydrogen) atoms. The molecule has 0 amide bonds. The summed E-state index contributed by atoms with van der Waals surface area (Å²) in [5.41, 5.74) is 2.06. The number of nitrogens with zero attached hydrogens (tertiary/aromatic N) is 4. The maximum absolute atomic E-state index is 4.55. The molecule has 1 unspecified atom stereocenters. The molecule has 2 aromatic rings. The fourth-order valence-corrected chi connectivity index (χ4v) is 2.72. The Morgan fingerprint density at radius 3 is 2.75 bits per heavy atom. The van der Waals surface area contributed by atoms with Crippen molar-refractivity contribution >= 4 is 15.9 Å². The number of rotatable bonds is 5. The summed E-state index contributed by atoms with van der Waals surface area (Å²) in [6.45, 7) is 9.09. The van der Waals surface area contributed by atoms with Gasteiger partial charge in [-0.15, -0.1) is 0 Å². The molecular weight excluding hydrogens is 318 g/mol. The third-order valence-electron chi connectivity index (χ3n) is 3.05. The van der Waals surface area contributed by atoms with Crippen LogP contribution in [0, 0.1) is 6.92 Å². The van der Waals surface area contributed by atoms with Crippen LogP contribution < -0.4 is 5.32 Å². The van der Waals surface area contributed by atoms with Gasteiger partial charge >= 0.3 is 0 Å². The van der Waals surface area contributed by atoms with Crippen molar-refractivity contribution in [2.24, 2.45) is 0 Å². The average molecular weight is 338 g/mol. The van der Waals surface area contributed by atoms with Crippen molar-refractivity contribution in [3.8, 4) is 0 Å². The minimum atomic E-state index is 0.000903. The summed E-state index contributed by atoms with van der Waals surface area (Å²) >= 11 is 3.61. The molecule has 0 saturated carbocycles. The molecule has 108 valence electrons. The Balaban J connectivity index is 2.51. The standard InChI is InChI=1S/C14H20BrN5/c1-5-16-13(12-6-7-17-10(4)19-12)14-11(15)8-18-20(14)9(2)3/h6-9,13,16H,5H2,1-4H3. The van der Waals surface area contributed by atoms with Crippen molar-refractivity contribution in [3.63, 3.8) is 0 Å². The Bertz CT molecular complexity index is 579. The van der Waals surface area contributed by atoms with Crippen LogP contribution in [0.1, 0.15) is 50.1 Å². The van der Waals surface area contributed by atoms with Crippen LogP contribution in [0.25, 0.3) is 0 Å². The minimum absolute atomic E-state index is 0.000903. The van der Waals surface area contributed by atoms with E-state index in [2.05, 4.69) is 57.1 Å². The van der Waals surface area contributed by atoms with E-state index in [4.69, 9.17) is 0 Å².